The van der Waals surface area contributed by atoms with Crippen molar-refractivity contribution in [3.8, 4) is 0 Å². The Hall–Kier alpha value is -0.920. The molecule has 0 saturated carbocycles. The van der Waals surface area contributed by atoms with Gasteiger partial charge in [-0.15, -0.1) is 0 Å². The van der Waals surface area contributed by atoms with Crippen LogP contribution >= 0.6 is 15.9 Å². The Morgan fingerprint density at radius 3 is 2.58 bits per heavy atom. The zero-order valence-electron chi connectivity index (χ0n) is 14.4. The topological polar surface area (TPSA) is 57.7 Å². The van der Waals surface area contributed by atoms with Crippen molar-refractivity contribution in [3.05, 3.63) is 34.3 Å². The van der Waals surface area contributed by atoms with Crippen molar-refractivity contribution in [2.24, 2.45) is 0 Å². The van der Waals surface area contributed by atoms with Crippen LogP contribution in [0.2, 0.25) is 0 Å². The molecule has 7 heteroatoms. The van der Waals surface area contributed by atoms with Gasteiger partial charge >= 0.3 is 0 Å². The molecule has 1 aromatic rings. The maximum absolute atomic E-state index is 12.9. The summed E-state index contributed by atoms with van der Waals surface area (Å²) in [4.78, 5) is 16.6. The Kier molecular flexibility index (Phi) is 6.45. The van der Waals surface area contributed by atoms with E-state index in [4.69, 9.17) is 0 Å². The number of hydrogen-bond donors (Lipinski definition) is 0. The zero-order chi connectivity index (χ0) is 17.9. The van der Waals surface area contributed by atoms with Gasteiger partial charge in [-0.1, -0.05) is 34.1 Å². The highest BCUT2D eigenvalue weighted by molar-refractivity contribution is 9.10. The number of halogens is 1. The molecule has 0 aliphatic carbocycles. The molecule has 5 nitrogen and oxygen atoms in total. The number of sulfone groups is 1. The second-order valence-corrected chi connectivity index (χ2v) is 9.45. The molecule has 24 heavy (non-hydrogen) atoms. The fourth-order valence-electron chi connectivity index (χ4n) is 3.08. The number of likely N-dealkylation sites (N-methyl/N-ethyl adjacent to an activating group) is 2. The van der Waals surface area contributed by atoms with E-state index in [-0.39, 0.29) is 29.5 Å². The smallest absolute Gasteiger partial charge is 0.239 e. The lowest BCUT2D eigenvalue weighted by molar-refractivity contribution is -0.137. The van der Waals surface area contributed by atoms with Gasteiger partial charge < -0.3 is 4.90 Å². The van der Waals surface area contributed by atoms with E-state index >= 15 is 0 Å². The molecule has 1 aromatic carbocycles. The molecule has 0 unspecified atom stereocenters. The summed E-state index contributed by atoms with van der Waals surface area (Å²) in [7, 11) is -1.08. The molecule has 0 bridgehead atoms. The number of nitrogens with zero attached hydrogens (tertiary/aromatic N) is 2. The molecular formula is C17H25BrN2O3S. The Bertz CT molecular complexity index is 693. The van der Waals surface area contributed by atoms with Crippen LogP contribution in [0.25, 0.3) is 0 Å². The van der Waals surface area contributed by atoms with Crippen LogP contribution in [0, 0.1) is 0 Å². The monoisotopic (exact) mass is 416 g/mol. The number of carbonyl (C=O) groups excluding carboxylic acids is 1. The van der Waals surface area contributed by atoms with Gasteiger partial charge in [-0.3, -0.25) is 9.69 Å². The van der Waals surface area contributed by atoms with E-state index in [1.165, 1.54) is 0 Å². The first kappa shape index (κ1) is 19.4. The predicted molar refractivity (Wildman–Crippen MR) is 99.5 cm³/mol. The number of amides is 1. The molecule has 0 spiro atoms. The normalized spacial score (nSPS) is 21.0. The SMILES string of the molecule is CCN(C(=O)[C@H](C)N(C)Cc1ccccc1Br)[C@@H]1CCS(=O)(=O)C1. The van der Waals surface area contributed by atoms with E-state index in [2.05, 4.69) is 15.9 Å². The van der Waals surface area contributed by atoms with E-state index in [9.17, 15) is 13.2 Å². The van der Waals surface area contributed by atoms with Crippen molar-refractivity contribution < 1.29 is 13.2 Å². The Morgan fingerprint density at radius 1 is 1.38 bits per heavy atom. The van der Waals surface area contributed by atoms with Crippen LogP contribution in [-0.4, -0.2) is 61.3 Å². The summed E-state index contributed by atoms with van der Waals surface area (Å²) >= 11 is 3.53. The van der Waals surface area contributed by atoms with Gasteiger partial charge in [0.25, 0.3) is 0 Å². The molecule has 0 aromatic heterocycles. The van der Waals surface area contributed by atoms with Crippen molar-refractivity contribution in [2.75, 3.05) is 25.1 Å². The highest BCUT2D eigenvalue weighted by Crippen LogP contribution is 2.21. The number of carbonyl (C=O) groups is 1. The summed E-state index contributed by atoms with van der Waals surface area (Å²) in [5.41, 5.74) is 1.12. The number of hydrogen-bond acceptors (Lipinski definition) is 4. The van der Waals surface area contributed by atoms with Crippen LogP contribution in [0.1, 0.15) is 25.8 Å². The van der Waals surface area contributed by atoms with Gasteiger partial charge in [0, 0.05) is 23.6 Å². The average Bonchev–Trinajstić information content (AvgIpc) is 2.89. The third kappa shape index (κ3) is 4.58. The van der Waals surface area contributed by atoms with Gasteiger partial charge in [-0.05, 0) is 38.9 Å². The highest BCUT2D eigenvalue weighted by Gasteiger charge is 2.36. The molecule has 1 heterocycles. The van der Waals surface area contributed by atoms with Crippen LogP contribution in [0.4, 0.5) is 0 Å². The van der Waals surface area contributed by atoms with Gasteiger partial charge in [0.15, 0.2) is 9.84 Å². The van der Waals surface area contributed by atoms with Gasteiger partial charge in [0.05, 0.1) is 17.5 Å². The first-order valence-electron chi connectivity index (χ1n) is 8.19. The van der Waals surface area contributed by atoms with E-state index in [0.29, 0.717) is 19.5 Å². The fraction of sp³-hybridized carbons (Fsp3) is 0.588. The quantitative estimate of drug-likeness (QED) is 0.713. The van der Waals surface area contributed by atoms with Crippen molar-refractivity contribution in [3.63, 3.8) is 0 Å². The van der Waals surface area contributed by atoms with Crippen molar-refractivity contribution in [2.45, 2.75) is 38.9 Å². The van der Waals surface area contributed by atoms with E-state index in [1.807, 2.05) is 50.1 Å². The number of rotatable bonds is 6. The standard InChI is InChI=1S/C17H25BrN2O3S/c1-4-20(15-9-10-24(22,23)12-15)17(21)13(2)19(3)11-14-7-5-6-8-16(14)18/h5-8,13,15H,4,9-12H2,1-3H3/t13-,15+/m0/s1. The lowest BCUT2D eigenvalue weighted by Gasteiger charge is -2.33. The lowest BCUT2D eigenvalue weighted by atomic mass is 10.1. The zero-order valence-corrected chi connectivity index (χ0v) is 16.8. The van der Waals surface area contributed by atoms with Crippen LogP contribution in [0.15, 0.2) is 28.7 Å². The summed E-state index contributed by atoms with van der Waals surface area (Å²) in [6.07, 6.45) is 0.544. The van der Waals surface area contributed by atoms with Gasteiger partial charge in [-0.25, -0.2) is 8.42 Å². The lowest BCUT2D eigenvalue weighted by Crippen LogP contribution is -2.49. The van der Waals surface area contributed by atoms with Crippen molar-refractivity contribution >= 4 is 31.7 Å². The molecule has 2 rings (SSSR count). The molecule has 2 atom stereocenters. The molecule has 1 fully saturated rings. The number of benzene rings is 1. The average molecular weight is 417 g/mol. The van der Waals surface area contributed by atoms with Crippen LogP contribution in [-0.2, 0) is 21.2 Å². The maximum Gasteiger partial charge on any atom is 0.239 e. The second-order valence-electron chi connectivity index (χ2n) is 6.36. The van der Waals surface area contributed by atoms with Crippen LogP contribution in [0.5, 0.6) is 0 Å². The van der Waals surface area contributed by atoms with E-state index in [1.54, 1.807) is 4.90 Å². The highest BCUT2D eigenvalue weighted by atomic mass is 79.9. The molecule has 0 radical (unpaired) electrons. The molecular weight excluding hydrogens is 392 g/mol. The Labute approximate surface area is 153 Å². The summed E-state index contributed by atoms with van der Waals surface area (Å²) in [6, 6.07) is 7.45. The Balaban J connectivity index is 2.05. The maximum atomic E-state index is 12.9. The third-order valence-electron chi connectivity index (χ3n) is 4.67. The summed E-state index contributed by atoms with van der Waals surface area (Å²) < 4.78 is 24.4. The van der Waals surface area contributed by atoms with Crippen LogP contribution in [0.3, 0.4) is 0 Å². The molecule has 1 amide bonds. The molecule has 1 aliphatic rings. The predicted octanol–water partition coefficient (Wildman–Crippen LogP) is 2.31. The van der Waals surface area contributed by atoms with Crippen LogP contribution < -0.4 is 0 Å². The summed E-state index contributed by atoms with van der Waals surface area (Å²) in [5.74, 6) is 0.268. The summed E-state index contributed by atoms with van der Waals surface area (Å²) in [5, 5.41) is 0. The third-order valence-corrected chi connectivity index (χ3v) is 7.19. The van der Waals surface area contributed by atoms with Gasteiger partial charge in [-0.2, -0.15) is 0 Å². The Morgan fingerprint density at radius 2 is 2.04 bits per heavy atom. The molecule has 134 valence electrons. The van der Waals surface area contributed by atoms with Crippen molar-refractivity contribution in [1.82, 2.24) is 9.80 Å². The second kappa shape index (κ2) is 7.97. The minimum absolute atomic E-state index is 0.00541. The first-order valence-corrected chi connectivity index (χ1v) is 10.8. The van der Waals surface area contributed by atoms with Gasteiger partial charge in [0.2, 0.25) is 5.91 Å². The minimum atomic E-state index is -3.00. The largest absolute Gasteiger partial charge is 0.338 e. The first-order chi connectivity index (χ1) is 11.2. The molecule has 0 N–H and O–H groups in total. The molecule has 1 saturated heterocycles. The van der Waals surface area contributed by atoms with E-state index < -0.39 is 9.84 Å². The fourth-order valence-corrected chi connectivity index (χ4v) is 5.22. The summed E-state index contributed by atoms with van der Waals surface area (Å²) in [6.45, 7) is 4.97. The van der Waals surface area contributed by atoms with E-state index in [0.717, 1.165) is 10.0 Å². The minimum Gasteiger partial charge on any atom is -0.338 e. The van der Waals surface area contributed by atoms with Crippen molar-refractivity contribution in [1.29, 1.82) is 0 Å². The van der Waals surface area contributed by atoms with Gasteiger partial charge in [0.1, 0.15) is 0 Å². The molecule has 1 aliphatic heterocycles.